The van der Waals surface area contributed by atoms with E-state index in [-0.39, 0.29) is 23.0 Å². The molecule has 1 unspecified atom stereocenters. The maximum Gasteiger partial charge on any atom is 0.302 e. The molecule has 5 aromatic rings. The number of phenols is 1. The van der Waals surface area contributed by atoms with Crippen molar-refractivity contribution in [3.05, 3.63) is 125 Å². The summed E-state index contributed by atoms with van der Waals surface area (Å²) in [5.41, 5.74) is 3.78. The summed E-state index contributed by atoms with van der Waals surface area (Å²) in [6.45, 7) is 2.23. The van der Waals surface area contributed by atoms with Crippen LogP contribution in [0.1, 0.15) is 28.3 Å². The summed E-state index contributed by atoms with van der Waals surface area (Å²) in [7, 11) is 0. The number of Topliss-reactive ketones (excluding diaryl/α,β-unsaturated/α-hetero) is 1. The number of aryl methyl sites for hydroxylation is 1. The molecule has 1 amide bonds. The number of ketones is 1. The molecule has 1 atom stereocenters. The number of amides is 1. The molecule has 0 radical (unpaired) electrons. The number of nitrogens with zero attached hydrogens (tertiary/aromatic N) is 2. The third kappa shape index (κ3) is 4.45. The molecule has 0 spiro atoms. The van der Waals surface area contributed by atoms with Crippen molar-refractivity contribution in [1.82, 2.24) is 9.97 Å². The van der Waals surface area contributed by atoms with Crippen LogP contribution in [0.2, 0.25) is 0 Å². The van der Waals surface area contributed by atoms with E-state index in [0.717, 1.165) is 11.1 Å². The number of phenolic OH excluding ortho intramolecular Hbond substituents is 1. The van der Waals surface area contributed by atoms with Crippen molar-refractivity contribution in [1.29, 1.82) is 0 Å². The number of ether oxygens (including phenoxy) is 1. The van der Waals surface area contributed by atoms with Crippen LogP contribution < -0.4 is 9.64 Å². The number of para-hydroxylation sites is 2. The standard InChI is InChI=1S/C32H25N3O5/c1-19-16-22(14-15-26(19)40-18-20-8-3-2-4-9-20)29(37)27-28(21-10-7-11-23(36)17-21)35(31(39)30(27)38)32-33-24-12-5-6-13-25(24)34-32/h2-17,28,36-37H,18H2,1H3,(H,33,34)/b29-27+. The number of aromatic amines is 1. The molecule has 3 N–H and O–H groups in total. The van der Waals surface area contributed by atoms with Crippen LogP contribution in [0.5, 0.6) is 11.5 Å². The van der Waals surface area contributed by atoms with Gasteiger partial charge in [-0.3, -0.25) is 14.5 Å². The zero-order valence-electron chi connectivity index (χ0n) is 21.5. The minimum absolute atomic E-state index is 0.0385. The van der Waals surface area contributed by atoms with Gasteiger partial charge in [-0.05, 0) is 66.1 Å². The zero-order chi connectivity index (χ0) is 27.8. The molecule has 1 fully saturated rings. The number of aliphatic hydroxyl groups excluding tert-OH is 1. The highest BCUT2D eigenvalue weighted by molar-refractivity contribution is 6.51. The molecule has 4 aromatic carbocycles. The van der Waals surface area contributed by atoms with E-state index in [1.165, 1.54) is 17.0 Å². The number of benzene rings is 4. The van der Waals surface area contributed by atoms with Crippen molar-refractivity contribution in [2.24, 2.45) is 0 Å². The molecule has 1 saturated heterocycles. The number of imidazole rings is 1. The van der Waals surface area contributed by atoms with Gasteiger partial charge < -0.3 is 19.9 Å². The second-order valence-corrected chi connectivity index (χ2v) is 9.60. The van der Waals surface area contributed by atoms with Gasteiger partial charge in [0.2, 0.25) is 5.95 Å². The van der Waals surface area contributed by atoms with Gasteiger partial charge in [-0.15, -0.1) is 0 Å². The molecule has 1 aliphatic heterocycles. The number of rotatable bonds is 6. The van der Waals surface area contributed by atoms with Gasteiger partial charge in [0, 0.05) is 5.56 Å². The minimum Gasteiger partial charge on any atom is -0.508 e. The topological polar surface area (TPSA) is 116 Å². The Labute approximate surface area is 229 Å². The number of anilines is 1. The lowest BCUT2D eigenvalue weighted by Gasteiger charge is -2.23. The normalized spacial score (nSPS) is 16.5. The Bertz CT molecular complexity index is 1760. The smallest absolute Gasteiger partial charge is 0.302 e. The Morgan fingerprint density at radius 1 is 0.950 bits per heavy atom. The minimum atomic E-state index is -1.03. The van der Waals surface area contributed by atoms with Gasteiger partial charge in [0.15, 0.2) is 0 Å². The number of carbonyl (C=O) groups is 2. The molecular formula is C32H25N3O5. The van der Waals surface area contributed by atoms with Gasteiger partial charge in [0.05, 0.1) is 22.6 Å². The Kier molecular flexibility index (Phi) is 6.28. The SMILES string of the molecule is Cc1cc(/C(O)=C2\C(=O)C(=O)N(c3nc4ccccc4[nH]3)C2c2cccc(O)c2)ccc1OCc1ccccc1. The first kappa shape index (κ1) is 24.9. The lowest BCUT2D eigenvalue weighted by molar-refractivity contribution is -0.132. The third-order valence-electron chi connectivity index (χ3n) is 6.92. The summed E-state index contributed by atoms with van der Waals surface area (Å²) in [6, 6.07) is 27.3. The predicted molar refractivity (Wildman–Crippen MR) is 151 cm³/mol. The van der Waals surface area contributed by atoms with Gasteiger partial charge >= 0.3 is 5.91 Å². The molecule has 40 heavy (non-hydrogen) atoms. The summed E-state index contributed by atoms with van der Waals surface area (Å²) in [5, 5.41) is 21.7. The first-order chi connectivity index (χ1) is 19.4. The number of fused-ring (bicyclic) bond motifs is 1. The van der Waals surface area contributed by atoms with E-state index in [0.29, 0.717) is 34.5 Å². The van der Waals surface area contributed by atoms with Crippen LogP contribution in [-0.4, -0.2) is 31.9 Å². The fourth-order valence-electron chi connectivity index (χ4n) is 4.96. The molecular weight excluding hydrogens is 506 g/mol. The lowest BCUT2D eigenvalue weighted by atomic mass is 9.94. The molecule has 0 saturated carbocycles. The summed E-state index contributed by atoms with van der Waals surface area (Å²) < 4.78 is 5.96. The van der Waals surface area contributed by atoms with Crippen LogP contribution in [-0.2, 0) is 16.2 Å². The summed E-state index contributed by atoms with van der Waals surface area (Å²) in [6.07, 6.45) is 0. The van der Waals surface area contributed by atoms with Crippen molar-refractivity contribution in [3.63, 3.8) is 0 Å². The Hall–Kier alpha value is -5.37. The molecule has 2 heterocycles. The number of carbonyl (C=O) groups excluding carboxylic acids is 2. The molecule has 1 aliphatic rings. The average molecular weight is 532 g/mol. The van der Waals surface area contributed by atoms with E-state index >= 15 is 0 Å². The average Bonchev–Trinajstić information content (AvgIpc) is 3.50. The van der Waals surface area contributed by atoms with E-state index in [4.69, 9.17) is 4.74 Å². The van der Waals surface area contributed by atoms with Crippen molar-refractivity contribution in [2.45, 2.75) is 19.6 Å². The molecule has 6 rings (SSSR count). The summed E-state index contributed by atoms with van der Waals surface area (Å²) in [4.78, 5) is 35.8. The van der Waals surface area contributed by atoms with Crippen LogP contribution in [0.15, 0.2) is 103 Å². The fourth-order valence-corrected chi connectivity index (χ4v) is 4.96. The highest BCUT2D eigenvalue weighted by Crippen LogP contribution is 2.42. The Morgan fingerprint density at radius 3 is 2.48 bits per heavy atom. The number of aromatic nitrogens is 2. The Balaban J connectivity index is 1.42. The van der Waals surface area contributed by atoms with Crippen molar-refractivity contribution in [2.75, 3.05) is 4.90 Å². The van der Waals surface area contributed by atoms with E-state index in [1.54, 1.807) is 36.4 Å². The number of aromatic hydroxyl groups is 1. The lowest BCUT2D eigenvalue weighted by Crippen LogP contribution is -2.30. The molecule has 8 heteroatoms. The second-order valence-electron chi connectivity index (χ2n) is 9.60. The molecule has 0 aliphatic carbocycles. The first-order valence-corrected chi connectivity index (χ1v) is 12.7. The zero-order valence-corrected chi connectivity index (χ0v) is 21.5. The quantitative estimate of drug-likeness (QED) is 0.145. The van der Waals surface area contributed by atoms with Gasteiger partial charge in [-0.25, -0.2) is 4.98 Å². The van der Waals surface area contributed by atoms with Gasteiger partial charge in [0.25, 0.3) is 5.78 Å². The van der Waals surface area contributed by atoms with Gasteiger partial charge in [0.1, 0.15) is 23.9 Å². The maximum absolute atomic E-state index is 13.5. The number of hydrogen-bond acceptors (Lipinski definition) is 6. The van der Waals surface area contributed by atoms with Crippen molar-refractivity contribution in [3.8, 4) is 11.5 Å². The van der Waals surface area contributed by atoms with Crippen molar-refractivity contribution < 1.29 is 24.5 Å². The highest BCUT2D eigenvalue weighted by Gasteiger charge is 2.48. The van der Waals surface area contributed by atoms with Crippen LogP contribution in [0.4, 0.5) is 5.95 Å². The second kappa shape index (κ2) is 10.1. The van der Waals surface area contributed by atoms with E-state index in [2.05, 4.69) is 9.97 Å². The monoisotopic (exact) mass is 531 g/mol. The number of hydrogen-bond donors (Lipinski definition) is 3. The number of nitrogens with one attached hydrogen (secondary N) is 1. The third-order valence-corrected chi connectivity index (χ3v) is 6.92. The largest absolute Gasteiger partial charge is 0.508 e. The van der Waals surface area contributed by atoms with Gasteiger partial charge in [-0.2, -0.15) is 0 Å². The van der Waals surface area contributed by atoms with E-state index in [9.17, 15) is 19.8 Å². The molecule has 198 valence electrons. The number of aliphatic hydroxyl groups is 1. The molecule has 1 aromatic heterocycles. The first-order valence-electron chi connectivity index (χ1n) is 12.7. The molecule has 0 bridgehead atoms. The summed E-state index contributed by atoms with van der Waals surface area (Å²) >= 11 is 0. The van der Waals surface area contributed by atoms with E-state index in [1.807, 2.05) is 55.5 Å². The van der Waals surface area contributed by atoms with Crippen LogP contribution in [0.3, 0.4) is 0 Å². The highest BCUT2D eigenvalue weighted by atomic mass is 16.5. The van der Waals surface area contributed by atoms with E-state index < -0.39 is 17.7 Å². The van der Waals surface area contributed by atoms with Gasteiger partial charge in [-0.1, -0.05) is 54.6 Å². The maximum atomic E-state index is 13.5. The Morgan fingerprint density at radius 2 is 1.73 bits per heavy atom. The predicted octanol–water partition coefficient (Wildman–Crippen LogP) is 5.78. The molecule has 8 nitrogen and oxygen atoms in total. The van der Waals surface area contributed by atoms with Crippen molar-refractivity contribution >= 4 is 34.4 Å². The fraction of sp³-hybridized carbons (Fsp3) is 0.0938. The van der Waals surface area contributed by atoms with Crippen LogP contribution in [0, 0.1) is 6.92 Å². The number of H-pyrrole nitrogens is 1. The summed E-state index contributed by atoms with van der Waals surface area (Å²) in [5.74, 6) is -1.27. The van der Waals surface area contributed by atoms with Crippen LogP contribution >= 0.6 is 0 Å². The van der Waals surface area contributed by atoms with Crippen LogP contribution in [0.25, 0.3) is 16.8 Å².